The van der Waals surface area contributed by atoms with Gasteiger partial charge in [0, 0.05) is 12.1 Å². The number of hydrogen-bond acceptors (Lipinski definition) is 5. The molecular weight excluding hydrogens is 372 g/mol. The highest BCUT2D eigenvalue weighted by Crippen LogP contribution is 2.31. The highest BCUT2D eigenvalue weighted by molar-refractivity contribution is 6.22. The van der Waals surface area contributed by atoms with Crippen molar-refractivity contribution in [1.29, 1.82) is 0 Å². The Morgan fingerprint density at radius 1 is 0.931 bits per heavy atom. The van der Waals surface area contributed by atoms with Gasteiger partial charge in [0.05, 0.1) is 16.7 Å². The molecule has 0 bridgehead atoms. The molecule has 0 saturated heterocycles. The lowest BCUT2D eigenvalue weighted by Gasteiger charge is -2.29. The van der Waals surface area contributed by atoms with E-state index in [0.717, 1.165) is 57.8 Å². The first-order valence-corrected chi connectivity index (χ1v) is 10.5. The number of ether oxygens (including phenoxy) is 1. The zero-order chi connectivity index (χ0) is 20.4. The molecule has 3 aliphatic rings. The normalized spacial score (nSPS) is 20.1. The average Bonchev–Trinajstić information content (AvgIpc) is 3.33. The summed E-state index contributed by atoms with van der Waals surface area (Å²) in [5.41, 5.74) is 0.741. The maximum atomic E-state index is 12.8. The molecule has 1 aromatic rings. The van der Waals surface area contributed by atoms with E-state index in [0.29, 0.717) is 5.56 Å². The fraction of sp³-hybridized carbons (Fsp3) is 0.545. The van der Waals surface area contributed by atoms with Crippen LogP contribution in [0.5, 0.6) is 0 Å². The van der Waals surface area contributed by atoms with E-state index in [-0.39, 0.29) is 47.5 Å². The largest absolute Gasteiger partial charge is 0.452 e. The van der Waals surface area contributed by atoms with Crippen LogP contribution in [-0.2, 0) is 9.53 Å². The number of benzene rings is 1. The van der Waals surface area contributed by atoms with Crippen molar-refractivity contribution in [3.8, 4) is 0 Å². The van der Waals surface area contributed by atoms with Gasteiger partial charge in [0.25, 0.3) is 17.7 Å². The van der Waals surface area contributed by atoms with Crippen molar-refractivity contribution in [2.24, 2.45) is 0 Å². The van der Waals surface area contributed by atoms with Crippen LogP contribution >= 0.6 is 0 Å². The van der Waals surface area contributed by atoms with Gasteiger partial charge in [-0.25, -0.2) is 4.79 Å². The Balaban J connectivity index is 1.40. The van der Waals surface area contributed by atoms with Crippen molar-refractivity contribution in [2.75, 3.05) is 6.61 Å². The van der Waals surface area contributed by atoms with Crippen molar-refractivity contribution < 1.29 is 23.9 Å². The topological polar surface area (TPSA) is 92.8 Å². The third-order valence-electron chi connectivity index (χ3n) is 6.15. The Morgan fingerprint density at radius 3 is 2.31 bits per heavy atom. The first-order valence-electron chi connectivity index (χ1n) is 10.5. The second-order valence-corrected chi connectivity index (χ2v) is 8.16. The van der Waals surface area contributed by atoms with E-state index in [1.807, 2.05) is 0 Å². The quantitative estimate of drug-likeness (QED) is 0.608. The lowest BCUT2D eigenvalue weighted by atomic mass is 9.94. The first-order chi connectivity index (χ1) is 14.0. The van der Waals surface area contributed by atoms with E-state index >= 15 is 0 Å². The van der Waals surface area contributed by atoms with E-state index < -0.39 is 5.97 Å². The summed E-state index contributed by atoms with van der Waals surface area (Å²) >= 11 is 0. The minimum absolute atomic E-state index is 0.0640. The van der Waals surface area contributed by atoms with Gasteiger partial charge in [0.1, 0.15) is 0 Å². The molecule has 2 fully saturated rings. The van der Waals surface area contributed by atoms with Crippen LogP contribution in [0.1, 0.15) is 88.9 Å². The summed E-state index contributed by atoms with van der Waals surface area (Å²) in [7, 11) is 0. The maximum absolute atomic E-state index is 12.8. The molecule has 3 amide bonds. The highest BCUT2D eigenvalue weighted by atomic mass is 16.5. The minimum Gasteiger partial charge on any atom is -0.452 e. The molecule has 1 heterocycles. The third-order valence-corrected chi connectivity index (χ3v) is 6.15. The molecule has 1 aliphatic heterocycles. The fourth-order valence-electron chi connectivity index (χ4n) is 4.61. The number of amides is 3. The first kappa shape index (κ1) is 19.6. The number of hydrogen-bond donors (Lipinski definition) is 1. The van der Waals surface area contributed by atoms with Gasteiger partial charge in [-0.2, -0.15) is 0 Å². The smallest absolute Gasteiger partial charge is 0.338 e. The van der Waals surface area contributed by atoms with Gasteiger partial charge in [0.15, 0.2) is 6.61 Å². The summed E-state index contributed by atoms with van der Waals surface area (Å²) in [5, 5.41) is 2.86. The Labute approximate surface area is 169 Å². The molecule has 1 N–H and O–H groups in total. The summed E-state index contributed by atoms with van der Waals surface area (Å²) in [4.78, 5) is 51.2. The summed E-state index contributed by atoms with van der Waals surface area (Å²) in [6, 6.07) is 4.50. The van der Waals surface area contributed by atoms with Crippen LogP contribution in [0.3, 0.4) is 0 Å². The fourth-order valence-corrected chi connectivity index (χ4v) is 4.61. The minimum atomic E-state index is -0.675. The zero-order valence-corrected chi connectivity index (χ0v) is 16.4. The summed E-state index contributed by atoms with van der Waals surface area (Å²) < 4.78 is 5.10. The van der Waals surface area contributed by atoms with Gasteiger partial charge in [0.2, 0.25) is 0 Å². The molecule has 2 aliphatic carbocycles. The molecule has 154 valence electrons. The van der Waals surface area contributed by atoms with Crippen molar-refractivity contribution in [1.82, 2.24) is 10.2 Å². The van der Waals surface area contributed by atoms with Crippen LogP contribution in [0.4, 0.5) is 0 Å². The number of imide groups is 1. The van der Waals surface area contributed by atoms with Gasteiger partial charge >= 0.3 is 5.97 Å². The number of rotatable bonds is 5. The van der Waals surface area contributed by atoms with Gasteiger partial charge < -0.3 is 10.1 Å². The van der Waals surface area contributed by atoms with Gasteiger partial charge in [-0.05, 0) is 43.9 Å². The molecule has 0 atom stereocenters. The van der Waals surface area contributed by atoms with Crippen molar-refractivity contribution >= 4 is 23.7 Å². The maximum Gasteiger partial charge on any atom is 0.338 e. The van der Waals surface area contributed by atoms with E-state index in [1.165, 1.54) is 23.1 Å². The average molecular weight is 398 g/mol. The number of esters is 1. The number of nitrogens with zero attached hydrogens (tertiary/aromatic N) is 1. The second kappa shape index (κ2) is 8.35. The van der Waals surface area contributed by atoms with Crippen LogP contribution in [0, 0.1) is 0 Å². The number of fused-ring (bicyclic) bond motifs is 1. The Morgan fingerprint density at radius 2 is 1.59 bits per heavy atom. The SMILES string of the molecule is O=C(COC(=O)c1ccc2c(c1)C(=O)N(C1CCCCC1)C2=O)NC1CCCC1. The molecule has 0 spiro atoms. The van der Waals surface area contributed by atoms with E-state index in [4.69, 9.17) is 4.74 Å². The summed E-state index contributed by atoms with van der Waals surface area (Å²) in [5.74, 6) is -1.62. The summed E-state index contributed by atoms with van der Waals surface area (Å²) in [6.45, 7) is -0.354. The van der Waals surface area contributed by atoms with E-state index in [1.54, 1.807) is 0 Å². The molecule has 29 heavy (non-hydrogen) atoms. The molecule has 4 rings (SSSR count). The van der Waals surface area contributed by atoms with Crippen LogP contribution in [0.25, 0.3) is 0 Å². The van der Waals surface area contributed by atoms with Crippen LogP contribution in [0.2, 0.25) is 0 Å². The van der Waals surface area contributed by atoms with Crippen LogP contribution in [0.15, 0.2) is 18.2 Å². The molecule has 0 aromatic heterocycles. The predicted molar refractivity (Wildman–Crippen MR) is 104 cm³/mol. The number of nitrogens with one attached hydrogen (secondary N) is 1. The number of carbonyl (C=O) groups excluding carboxylic acids is 4. The second-order valence-electron chi connectivity index (χ2n) is 8.16. The highest BCUT2D eigenvalue weighted by Gasteiger charge is 2.40. The summed E-state index contributed by atoms with van der Waals surface area (Å²) in [6.07, 6.45) is 8.93. The Bertz CT molecular complexity index is 838. The molecule has 7 heteroatoms. The van der Waals surface area contributed by atoms with Crippen LogP contribution in [-0.4, -0.2) is 47.3 Å². The monoisotopic (exact) mass is 398 g/mol. The molecule has 2 saturated carbocycles. The zero-order valence-electron chi connectivity index (χ0n) is 16.4. The van der Waals surface area contributed by atoms with E-state index in [2.05, 4.69) is 5.32 Å². The van der Waals surface area contributed by atoms with Crippen LogP contribution < -0.4 is 5.32 Å². The van der Waals surface area contributed by atoms with Crippen molar-refractivity contribution in [3.63, 3.8) is 0 Å². The lowest BCUT2D eigenvalue weighted by Crippen LogP contribution is -2.40. The van der Waals surface area contributed by atoms with E-state index in [9.17, 15) is 19.2 Å². The number of carbonyl (C=O) groups is 4. The molecule has 7 nitrogen and oxygen atoms in total. The van der Waals surface area contributed by atoms with Gasteiger partial charge in [-0.1, -0.05) is 32.1 Å². The Kier molecular flexibility index (Phi) is 5.65. The standard InChI is InChI=1S/C22H26N2O5/c25-19(23-15-6-4-5-7-15)13-29-22(28)14-10-11-17-18(12-14)21(27)24(20(17)26)16-8-2-1-3-9-16/h10-12,15-16H,1-9,13H2,(H,23,25). The van der Waals surface area contributed by atoms with Crippen molar-refractivity contribution in [2.45, 2.75) is 69.9 Å². The van der Waals surface area contributed by atoms with Crippen molar-refractivity contribution in [3.05, 3.63) is 34.9 Å². The molecule has 1 aromatic carbocycles. The predicted octanol–water partition coefficient (Wildman–Crippen LogP) is 2.83. The molecular formula is C22H26N2O5. The van der Waals surface area contributed by atoms with Gasteiger partial charge in [-0.3, -0.25) is 19.3 Å². The van der Waals surface area contributed by atoms with Gasteiger partial charge in [-0.15, -0.1) is 0 Å². The molecule has 0 unspecified atom stereocenters. The third kappa shape index (κ3) is 4.04. The Hall–Kier alpha value is -2.70. The lowest BCUT2D eigenvalue weighted by molar-refractivity contribution is -0.124. The molecule has 0 radical (unpaired) electrons.